The molecule has 2 aromatic carbocycles. The van der Waals surface area contributed by atoms with E-state index in [1.54, 1.807) is 22.9 Å². The molecule has 2 atom stereocenters. The number of hydrogen-bond donors (Lipinski definition) is 1. The van der Waals surface area contributed by atoms with Gasteiger partial charge in [-0.25, -0.2) is 0 Å². The van der Waals surface area contributed by atoms with Gasteiger partial charge >= 0.3 is 17.1 Å². The molecule has 8 nitrogen and oxygen atoms in total. The number of hydrogen-bond acceptors (Lipinski definition) is 6. The summed E-state index contributed by atoms with van der Waals surface area (Å²) in [5.74, 6) is 0.801. The van der Waals surface area contributed by atoms with Crippen LogP contribution in [0.3, 0.4) is 0 Å². The third kappa shape index (κ3) is 11.0. The van der Waals surface area contributed by atoms with Crippen LogP contribution in [0.5, 0.6) is 5.75 Å². The van der Waals surface area contributed by atoms with E-state index in [-0.39, 0.29) is 40.8 Å². The van der Waals surface area contributed by atoms with Crippen LogP contribution in [-0.4, -0.2) is 56.3 Å². The Balaban J connectivity index is 0.000000774. The van der Waals surface area contributed by atoms with Gasteiger partial charge in [0, 0.05) is 37.3 Å². The van der Waals surface area contributed by atoms with Gasteiger partial charge in [0.05, 0.1) is 18.3 Å². The Labute approximate surface area is 312 Å². The molecule has 264 valence electrons. The van der Waals surface area contributed by atoms with Gasteiger partial charge in [0.15, 0.2) is 5.78 Å². The van der Waals surface area contributed by atoms with Crippen LogP contribution in [-0.2, 0) is 35.0 Å². The first-order chi connectivity index (χ1) is 24.6. The summed E-state index contributed by atoms with van der Waals surface area (Å²) >= 11 is 0. The van der Waals surface area contributed by atoms with Crippen LogP contribution in [0.15, 0.2) is 127 Å². The summed E-state index contributed by atoms with van der Waals surface area (Å²) in [7, 11) is 0. The number of benzene rings is 2. The molecule has 0 unspecified atom stereocenters. The number of aromatic nitrogens is 3. The smallest absolute Gasteiger partial charge is 0.494 e. The number of ether oxygens (including phenoxy) is 1. The Hall–Kier alpha value is -4.56. The van der Waals surface area contributed by atoms with E-state index in [1.807, 2.05) is 48.7 Å². The molecule has 0 radical (unpaired) electrons. The van der Waals surface area contributed by atoms with Gasteiger partial charge in [-0.05, 0) is 55.0 Å². The number of ketones is 1. The van der Waals surface area contributed by atoms with Crippen molar-refractivity contribution in [2.45, 2.75) is 82.6 Å². The van der Waals surface area contributed by atoms with Crippen LogP contribution in [0.4, 0.5) is 0 Å². The van der Waals surface area contributed by atoms with Crippen LogP contribution in [0, 0.1) is 0 Å². The summed E-state index contributed by atoms with van der Waals surface area (Å²) in [5.41, 5.74) is 3.59. The van der Waals surface area contributed by atoms with E-state index < -0.39 is 0 Å². The monoisotopic (exact) mass is 725 g/mol. The minimum atomic E-state index is -0.264. The van der Waals surface area contributed by atoms with E-state index in [0.29, 0.717) is 37.1 Å². The van der Waals surface area contributed by atoms with Gasteiger partial charge in [-0.15, -0.1) is 5.10 Å². The minimum Gasteiger partial charge on any atom is -0.494 e. The molecule has 3 aliphatic carbocycles. The first-order valence-corrected chi connectivity index (χ1v) is 18.0. The average Bonchev–Trinajstić information content (AvgIpc) is 3.98. The zero-order valence-electron chi connectivity index (χ0n) is 29.0. The van der Waals surface area contributed by atoms with E-state index in [9.17, 15) is 9.59 Å². The molecule has 0 bridgehead atoms. The summed E-state index contributed by atoms with van der Waals surface area (Å²) in [6.07, 6.45) is 32.8. The molecule has 3 aromatic rings. The summed E-state index contributed by atoms with van der Waals surface area (Å²) < 4.78 is 7.73. The van der Waals surface area contributed by atoms with Gasteiger partial charge in [-0.3, -0.25) is 19.6 Å². The van der Waals surface area contributed by atoms with Gasteiger partial charge in [0.2, 0.25) is 5.91 Å². The Kier molecular flexibility index (Phi) is 14.6. The molecule has 51 heavy (non-hydrogen) atoms. The fraction of sp³-hybridized carbons (Fsp3) is 0.333. The molecular formula is C42H47FeN5O3+2. The summed E-state index contributed by atoms with van der Waals surface area (Å²) in [5, 5.41) is 12.1. The molecule has 2 fully saturated rings. The van der Waals surface area contributed by atoms with Crippen molar-refractivity contribution < 1.29 is 31.4 Å². The Morgan fingerprint density at radius 3 is 2.53 bits per heavy atom. The second kappa shape index (κ2) is 19.7. The fourth-order valence-corrected chi connectivity index (χ4v) is 6.66. The molecule has 1 amide bonds. The average molecular weight is 726 g/mol. The van der Waals surface area contributed by atoms with Crippen molar-refractivity contribution in [2.24, 2.45) is 0 Å². The molecule has 9 heteroatoms. The van der Waals surface area contributed by atoms with Gasteiger partial charge in [0.1, 0.15) is 11.8 Å². The maximum Gasteiger partial charge on any atom is 2.00 e. The predicted octanol–water partition coefficient (Wildman–Crippen LogP) is 7.59. The van der Waals surface area contributed by atoms with Crippen molar-refractivity contribution in [3.05, 3.63) is 144 Å². The number of allylic oxidation sites excluding steroid dienone is 10. The second-order valence-corrected chi connectivity index (χ2v) is 13.0. The van der Waals surface area contributed by atoms with Crippen LogP contribution in [0.2, 0.25) is 0 Å². The van der Waals surface area contributed by atoms with E-state index >= 15 is 0 Å². The van der Waals surface area contributed by atoms with Crippen molar-refractivity contribution >= 4 is 17.8 Å². The van der Waals surface area contributed by atoms with Crippen LogP contribution in [0.25, 0.3) is 6.08 Å². The maximum absolute atomic E-state index is 13.3. The number of nitrogens with one attached hydrogen (secondary N) is 1. The molecule has 1 saturated carbocycles. The molecule has 7 rings (SSSR count). The third-order valence-electron chi connectivity index (χ3n) is 9.33. The van der Waals surface area contributed by atoms with Crippen LogP contribution >= 0.6 is 0 Å². The molecule has 1 saturated heterocycles. The SMILES string of the molecule is C1=CCC=C1.O=C(/C=C/C1=CCC=C1)c1cccc(OCCCn2cc(CN[C@@H]3C(=O)N(C4CCCCC4)[C@@H]3/C=C/c3ccccc3)nn2)c1.[Fe+2]. The van der Waals surface area contributed by atoms with E-state index in [4.69, 9.17) is 4.74 Å². The first kappa shape index (κ1) is 37.7. The van der Waals surface area contributed by atoms with Gasteiger partial charge in [-0.1, -0.05) is 128 Å². The number of carbonyl (C=O) groups is 2. The fourth-order valence-electron chi connectivity index (χ4n) is 6.66. The van der Waals surface area contributed by atoms with Crippen molar-refractivity contribution in [3.8, 4) is 5.75 Å². The topological polar surface area (TPSA) is 89.4 Å². The zero-order valence-corrected chi connectivity index (χ0v) is 30.1. The van der Waals surface area contributed by atoms with Crippen molar-refractivity contribution in [3.63, 3.8) is 0 Å². The van der Waals surface area contributed by atoms with Gasteiger partial charge < -0.3 is 9.64 Å². The standard InChI is InChI=1S/C37H41N5O3.C5H6.Fe/c43-35(22-20-29-13-7-8-14-29)30-15-9-18-33(25-30)45-24-10-23-41-27-31(39-40-41)26-38-36-34(21-19-28-11-3-1-4-12-28)42(37(36)44)32-16-5-2-6-17-32;1-2-4-5-3-1;/h1,3-4,7,9,11-15,18-22,25,27,32,34,36,38H,2,5-6,8,10,16-17,23-24,26H2;1-4H,5H2;/q;;+2/b21-19+,22-20+;;/t34-,36+;;/m1../s1. The molecule has 2 heterocycles. The summed E-state index contributed by atoms with van der Waals surface area (Å²) in [6.45, 7) is 1.61. The van der Waals surface area contributed by atoms with E-state index in [1.165, 1.54) is 19.3 Å². The number of carbonyl (C=O) groups excluding carboxylic acids is 2. The first-order valence-electron chi connectivity index (χ1n) is 18.0. The Morgan fingerprint density at radius 1 is 0.961 bits per heavy atom. The molecule has 0 spiro atoms. The number of β-lactam (4-membered cyclic amide) rings is 1. The van der Waals surface area contributed by atoms with Gasteiger partial charge in [-0.2, -0.15) is 0 Å². The predicted molar refractivity (Wildman–Crippen MR) is 198 cm³/mol. The van der Waals surface area contributed by atoms with Crippen molar-refractivity contribution in [2.75, 3.05) is 6.61 Å². The number of aryl methyl sites for hydroxylation is 1. The minimum absolute atomic E-state index is 0. The van der Waals surface area contributed by atoms with E-state index in [2.05, 4.69) is 81.3 Å². The number of likely N-dealkylation sites (tertiary alicyclic amines) is 1. The van der Waals surface area contributed by atoms with Crippen LogP contribution in [0.1, 0.15) is 73.0 Å². The zero-order chi connectivity index (χ0) is 34.4. The molecule has 1 N–H and O–H groups in total. The summed E-state index contributed by atoms with van der Waals surface area (Å²) in [4.78, 5) is 28.0. The normalized spacial score (nSPS) is 19.6. The Bertz CT molecular complexity index is 1760. The summed E-state index contributed by atoms with van der Waals surface area (Å²) in [6, 6.07) is 17.6. The molecule has 4 aliphatic rings. The largest absolute Gasteiger partial charge is 2.00 e. The number of rotatable bonds is 14. The van der Waals surface area contributed by atoms with Crippen molar-refractivity contribution in [1.29, 1.82) is 0 Å². The van der Waals surface area contributed by atoms with Gasteiger partial charge in [0.25, 0.3) is 0 Å². The number of nitrogens with zero attached hydrogens (tertiary/aromatic N) is 4. The Morgan fingerprint density at radius 2 is 1.78 bits per heavy atom. The van der Waals surface area contributed by atoms with Crippen molar-refractivity contribution in [1.82, 2.24) is 25.2 Å². The third-order valence-corrected chi connectivity index (χ3v) is 9.33. The van der Waals surface area contributed by atoms with Crippen LogP contribution < -0.4 is 10.1 Å². The molecule has 1 aliphatic heterocycles. The van der Waals surface area contributed by atoms with E-state index in [0.717, 1.165) is 48.9 Å². The maximum atomic E-state index is 13.3. The second-order valence-electron chi connectivity index (χ2n) is 13.0. The quantitative estimate of drug-likeness (QED) is 0.0606. The molecular weight excluding hydrogens is 678 g/mol. The molecule has 1 aromatic heterocycles. The number of amides is 1.